The first-order chi connectivity index (χ1) is 9.02. The highest BCUT2D eigenvalue weighted by Crippen LogP contribution is 2.35. The molecule has 7 nitrogen and oxygen atoms in total. The van der Waals surface area contributed by atoms with Gasteiger partial charge in [-0.15, -0.1) is 0 Å². The summed E-state index contributed by atoms with van der Waals surface area (Å²) in [6, 6.07) is 1.46. The van der Waals surface area contributed by atoms with Crippen LogP contribution in [0.3, 0.4) is 0 Å². The number of hydrogen-bond donors (Lipinski definition) is 3. The van der Waals surface area contributed by atoms with Gasteiger partial charge in [-0.25, -0.2) is 0 Å². The molecule has 0 aliphatic heterocycles. The summed E-state index contributed by atoms with van der Waals surface area (Å²) in [4.78, 5) is 11.7. The molecule has 0 aliphatic rings. The van der Waals surface area contributed by atoms with Crippen molar-refractivity contribution in [2.45, 2.75) is 6.42 Å². The molecule has 0 spiro atoms. The number of hydrogen-bond acceptors (Lipinski definition) is 6. The summed E-state index contributed by atoms with van der Waals surface area (Å²) in [5.41, 5.74) is 6.39. The van der Waals surface area contributed by atoms with Crippen molar-refractivity contribution >= 4 is 63.4 Å². The lowest BCUT2D eigenvalue weighted by molar-refractivity contribution is -0.115. The van der Waals surface area contributed by atoms with Gasteiger partial charge in [-0.3, -0.25) is 4.79 Å². The third-order valence-corrected chi connectivity index (χ3v) is 3.29. The van der Waals surface area contributed by atoms with E-state index in [1.165, 1.54) is 6.07 Å². The summed E-state index contributed by atoms with van der Waals surface area (Å²) in [5, 5.41) is 14.2. The predicted molar refractivity (Wildman–Crippen MR) is 74.1 cm³/mol. The number of benzene rings is 1. The molecule has 1 heterocycles. The zero-order chi connectivity index (χ0) is 14.0. The van der Waals surface area contributed by atoms with E-state index in [0.717, 1.165) is 11.7 Å². The number of oxime groups is 1. The van der Waals surface area contributed by atoms with Gasteiger partial charge in [0, 0.05) is 0 Å². The molecule has 19 heavy (non-hydrogen) atoms. The Labute approximate surface area is 121 Å². The van der Waals surface area contributed by atoms with Crippen LogP contribution in [0.4, 0.5) is 5.69 Å². The third kappa shape index (κ3) is 2.86. The van der Waals surface area contributed by atoms with Crippen LogP contribution in [0.15, 0.2) is 11.2 Å². The highest BCUT2D eigenvalue weighted by atomic mass is 35.5. The predicted octanol–water partition coefficient (Wildman–Crippen LogP) is 2.07. The minimum Gasteiger partial charge on any atom is -0.409 e. The molecule has 0 unspecified atom stereocenters. The number of nitrogens with one attached hydrogen (secondary N) is 1. The van der Waals surface area contributed by atoms with Crippen molar-refractivity contribution in [1.29, 1.82) is 0 Å². The Balaban J connectivity index is 2.35. The molecule has 0 bridgehead atoms. The quantitative estimate of drug-likeness (QED) is 0.347. The average molecular weight is 320 g/mol. The smallest absolute Gasteiger partial charge is 0.232 e. The van der Waals surface area contributed by atoms with Crippen molar-refractivity contribution in [3.05, 3.63) is 16.1 Å². The summed E-state index contributed by atoms with van der Waals surface area (Å²) in [5.74, 6) is -0.705. The number of carbonyl (C=O) groups is 1. The van der Waals surface area contributed by atoms with E-state index in [2.05, 4.69) is 19.2 Å². The summed E-state index contributed by atoms with van der Waals surface area (Å²) in [6.07, 6.45) is -0.269. The van der Waals surface area contributed by atoms with Crippen LogP contribution >= 0.6 is 34.9 Å². The molecule has 1 amide bonds. The van der Waals surface area contributed by atoms with Crippen molar-refractivity contribution in [1.82, 2.24) is 8.75 Å². The van der Waals surface area contributed by atoms with Crippen LogP contribution in [-0.4, -0.2) is 25.7 Å². The van der Waals surface area contributed by atoms with Gasteiger partial charge in [0.1, 0.15) is 16.9 Å². The van der Waals surface area contributed by atoms with E-state index >= 15 is 0 Å². The second-order valence-electron chi connectivity index (χ2n) is 3.49. The van der Waals surface area contributed by atoms with E-state index < -0.39 is 5.91 Å². The second-order valence-corrected chi connectivity index (χ2v) is 4.84. The van der Waals surface area contributed by atoms with Crippen LogP contribution in [0.5, 0.6) is 0 Å². The first-order valence-electron chi connectivity index (χ1n) is 4.89. The van der Waals surface area contributed by atoms with Gasteiger partial charge in [0.05, 0.1) is 33.9 Å². The maximum Gasteiger partial charge on any atom is 0.232 e. The van der Waals surface area contributed by atoms with E-state index in [0.29, 0.717) is 21.7 Å². The Bertz CT molecular complexity index is 672. The number of rotatable bonds is 3. The average Bonchev–Trinajstić information content (AvgIpc) is 2.83. The maximum atomic E-state index is 11.7. The molecule has 0 atom stereocenters. The van der Waals surface area contributed by atoms with E-state index in [1.54, 1.807) is 0 Å². The number of carbonyl (C=O) groups excluding carboxylic acids is 1. The molecular formula is C9H7Cl2N5O2S. The van der Waals surface area contributed by atoms with Crippen molar-refractivity contribution in [2.75, 3.05) is 5.32 Å². The minimum atomic E-state index is -0.492. The van der Waals surface area contributed by atoms with Gasteiger partial charge in [0.15, 0.2) is 0 Å². The van der Waals surface area contributed by atoms with E-state index in [-0.39, 0.29) is 17.3 Å². The molecule has 4 N–H and O–H groups in total. The van der Waals surface area contributed by atoms with Crippen LogP contribution in [0.25, 0.3) is 11.0 Å². The lowest BCUT2D eigenvalue weighted by Gasteiger charge is -2.07. The SMILES string of the molecule is NC(CC(=O)Nc1c(Cl)cc(Cl)c2nsnc12)=NO. The van der Waals surface area contributed by atoms with Gasteiger partial charge in [-0.05, 0) is 6.07 Å². The molecule has 2 aromatic rings. The number of amides is 1. The van der Waals surface area contributed by atoms with Crippen LogP contribution in [0, 0.1) is 0 Å². The monoisotopic (exact) mass is 319 g/mol. The first-order valence-corrected chi connectivity index (χ1v) is 6.38. The standard InChI is InChI=1S/C9H7Cl2N5O2S/c10-3-1-4(11)8-9(16-19-15-8)7(3)13-6(17)2-5(12)14-18/h1,18H,2H2,(H2,12,14)(H,13,17). The highest BCUT2D eigenvalue weighted by molar-refractivity contribution is 7.00. The molecule has 2 rings (SSSR count). The second kappa shape index (κ2) is 5.55. The Morgan fingerprint density at radius 1 is 1.42 bits per heavy atom. The summed E-state index contributed by atoms with van der Waals surface area (Å²) in [7, 11) is 0. The fourth-order valence-corrected chi connectivity index (χ4v) is 2.54. The molecule has 0 saturated heterocycles. The van der Waals surface area contributed by atoms with Crippen LogP contribution in [0.1, 0.15) is 6.42 Å². The van der Waals surface area contributed by atoms with Crippen molar-refractivity contribution in [2.24, 2.45) is 10.9 Å². The van der Waals surface area contributed by atoms with Gasteiger partial charge < -0.3 is 16.3 Å². The molecule has 0 saturated carbocycles. The molecule has 100 valence electrons. The molecule has 1 aromatic heterocycles. The molecule has 0 radical (unpaired) electrons. The lowest BCUT2D eigenvalue weighted by atomic mass is 10.2. The van der Waals surface area contributed by atoms with E-state index in [1.807, 2.05) is 0 Å². The number of nitrogens with zero attached hydrogens (tertiary/aromatic N) is 3. The Kier molecular flexibility index (Phi) is 4.03. The maximum absolute atomic E-state index is 11.7. The number of fused-ring (bicyclic) bond motifs is 1. The Hall–Kier alpha value is -1.64. The summed E-state index contributed by atoms with van der Waals surface area (Å²) >= 11 is 12.9. The highest BCUT2D eigenvalue weighted by Gasteiger charge is 2.16. The van der Waals surface area contributed by atoms with E-state index in [9.17, 15) is 4.79 Å². The fourth-order valence-electron chi connectivity index (χ4n) is 1.38. The van der Waals surface area contributed by atoms with Crippen molar-refractivity contribution in [3.8, 4) is 0 Å². The molecule has 0 aliphatic carbocycles. The van der Waals surface area contributed by atoms with Gasteiger partial charge in [0.25, 0.3) is 0 Å². The largest absolute Gasteiger partial charge is 0.409 e. The number of nitrogens with two attached hydrogens (primary N) is 1. The van der Waals surface area contributed by atoms with Crippen LogP contribution in [-0.2, 0) is 4.79 Å². The van der Waals surface area contributed by atoms with Crippen LogP contribution in [0.2, 0.25) is 10.0 Å². The van der Waals surface area contributed by atoms with Crippen LogP contribution < -0.4 is 11.1 Å². The molecule has 1 aromatic carbocycles. The normalized spacial score (nSPS) is 11.8. The number of aromatic nitrogens is 2. The summed E-state index contributed by atoms with van der Waals surface area (Å²) < 4.78 is 8.03. The fraction of sp³-hybridized carbons (Fsp3) is 0.111. The molecule has 10 heteroatoms. The third-order valence-electron chi connectivity index (χ3n) is 2.18. The van der Waals surface area contributed by atoms with Gasteiger partial charge in [0.2, 0.25) is 5.91 Å². The first kappa shape index (κ1) is 13.8. The zero-order valence-corrected chi connectivity index (χ0v) is 11.6. The van der Waals surface area contributed by atoms with Gasteiger partial charge >= 0.3 is 0 Å². The van der Waals surface area contributed by atoms with Crippen molar-refractivity contribution in [3.63, 3.8) is 0 Å². The van der Waals surface area contributed by atoms with Gasteiger partial charge in [-0.2, -0.15) is 8.75 Å². The Morgan fingerprint density at radius 2 is 2.11 bits per heavy atom. The molecule has 0 fully saturated rings. The number of anilines is 1. The number of halogens is 2. The van der Waals surface area contributed by atoms with Gasteiger partial charge in [-0.1, -0.05) is 28.4 Å². The molecular weight excluding hydrogens is 313 g/mol. The van der Waals surface area contributed by atoms with E-state index in [4.69, 9.17) is 34.1 Å². The minimum absolute atomic E-state index is 0.213. The lowest BCUT2D eigenvalue weighted by Crippen LogP contribution is -2.22. The topological polar surface area (TPSA) is 113 Å². The van der Waals surface area contributed by atoms with Crippen molar-refractivity contribution < 1.29 is 10.0 Å². The number of amidine groups is 1. The Morgan fingerprint density at radius 3 is 2.79 bits per heavy atom. The zero-order valence-electron chi connectivity index (χ0n) is 9.22. The summed E-state index contributed by atoms with van der Waals surface area (Å²) in [6.45, 7) is 0.